The van der Waals surface area contributed by atoms with Crippen molar-refractivity contribution in [3.05, 3.63) is 0 Å². The second-order valence-corrected chi connectivity index (χ2v) is 9.52. The van der Waals surface area contributed by atoms with Crippen molar-refractivity contribution in [1.29, 1.82) is 0 Å². The molecule has 174 valence electrons. The van der Waals surface area contributed by atoms with Gasteiger partial charge in [-0.15, -0.1) is 0 Å². The molecule has 3 rings (SSSR count). The molecule has 3 aliphatic carbocycles. The first-order valence-corrected chi connectivity index (χ1v) is 13.3. The summed E-state index contributed by atoms with van der Waals surface area (Å²) in [4.78, 5) is 0. The summed E-state index contributed by atoms with van der Waals surface area (Å²) in [5.41, 5.74) is 6.21. The van der Waals surface area contributed by atoms with Gasteiger partial charge in [0.15, 0.2) is 0 Å². The number of nitrogens with one attached hydrogen (secondary N) is 1. The fraction of sp³-hybridized carbons (Fsp3) is 1.00. The minimum atomic E-state index is 0.348. The molecule has 3 aliphatic rings. The highest BCUT2D eigenvalue weighted by Gasteiger charge is 2.30. The van der Waals surface area contributed by atoms with Crippen molar-refractivity contribution >= 4 is 0 Å². The summed E-state index contributed by atoms with van der Waals surface area (Å²) in [7, 11) is 2.08. The Kier molecular flexibility index (Phi) is 16.3. The smallest absolute Gasteiger partial charge is 0.0431 e. The molecule has 29 heavy (non-hydrogen) atoms. The van der Waals surface area contributed by atoms with Crippen molar-refractivity contribution < 1.29 is 5.11 Å². The first kappa shape index (κ1) is 26.9. The zero-order chi connectivity index (χ0) is 21.3. The molecule has 0 saturated heterocycles. The molecule has 3 nitrogen and oxygen atoms in total. The normalized spacial score (nSPS) is 27.2. The molecule has 0 aromatic carbocycles. The third-order valence-electron chi connectivity index (χ3n) is 7.64. The van der Waals surface area contributed by atoms with E-state index in [1.807, 2.05) is 13.8 Å². The lowest BCUT2D eigenvalue weighted by Crippen LogP contribution is -2.38. The van der Waals surface area contributed by atoms with Crippen molar-refractivity contribution in [1.82, 2.24) is 5.32 Å². The second kappa shape index (κ2) is 17.5. The Morgan fingerprint density at radius 2 is 1.34 bits per heavy atom. The molecule has 3 saturated carbocycles. The van der Waals surface area contributed by atoms with Crippen LogP contribution in [0.5, 0.6) is 0 Å². The average molecular weight is 411 g/mol. The molecule has 0 amide bonds. The van der Waals surface area contributed by atoms with Gasteiger partial charge in [-0.2, -0.15) is 0 Å². The first-order valence-electron chi connectivity index (χ1n) is 13.3. The van der Waals surface area contributed by atoms with E-state index < -0.39 is 0 Å². The van der Waals surface area contributed by atoms with Crippen LogP contribution in [0.25, 0.3) is 0 Å². The van der Waals surface area contributed by atoms with Crippen LogP contribution < -0.4 is 11.1 Å². The lowest BCUT2D eigenvalue weighted by atomic mass is 9.71. The van der Waals surface area contributed by atoms with Gasteiger partial charge in [0.05, 0.1) is 0 Å². The van der Waals surface area contributed by atoms with Crippen LogP contribution in [0.4, 0.5) is 0 Å². The third-order valence-corrected chi connectivity index (χ3v) is 7.64. The third kappa shape index (κ3) is 10.6. The first-order chi connectivity index (χ1) is 14.3. The van der Waals surface area contributed by atoms with Crippen LogP contribution in [0.3, 0.4) is 0 Å². The van der Waals surface area contributed by atoms with Crippen molar-refractivity contribution in [3.8, 4) is 0 Å². The Morgan fingerprint density at radius 3 is 1.90 bits per heavy atom. The predicted molar refractivity (Wildman–Crippen MR) is 128 cm³/mol. The van der Waals surface area contributed by atoms with Crippen molar-refractivity contribution in [2.45, 2.75) is 135 Å². The quantitative estimate of drug-likeness (QED) is 0.424. The van der Waals surface area contributed by atoms with Crippen LogP contribution in [0, 0.1) is 17.8 Å². The van der Waals surface area contributed by atoms with E-state index >= 15 is 0 Å². The summed E-state index contributed by atoms with van der Waals surface area (Å²) in [6, 6.07) is 1.23. The lowest BCUT2D eigenvalue weighted by molar-refractivity contribution is 0.171. The van der Waals surface area contributed by atoms with Crippen molar-refractivity contribution in [3.63, 3.8) is 0 Å². The SMILES string of the molecule is CC.CNC(CCCCO)C1CCCCC1.NC1CCCCC1C1CCCCC1. The van der Waals surface area contributed by atoms with Gasteiger partial charge in [-0.3, -0.25) is 0 Å². The molecular weight excluding hydrogens is 356 g/mol. The summed E-state index contributed by atoms with van der Waals surface area (Å²) in [6.45, 7) is 4.35. The Balaban J connectivity index is 0.000000268. The average Bonchev–Trinajstić information content (AvgIpc) is 2.80. The van der Waals surface area contributed by atoms with E-state index in [0.29, 0.717) is 18.7 Å². The number of aliphatic hydroxyl groups excluding tert-OH is 1. The molecule has 3 unspecified atom stereocenters. The monoisotopic (exact) mass is 410 g/mol. The molecule has 0 radical (unpaired) electrons. The molecule has 4 N–H and O–H groups in total. The number of rotatable bonds is 7. The Bertz CT molecular complexity index is 351. The van der Waals surface area contributed by atoms with Crippen LogP contribution in [-0.2, 0) is 0 Å². The van der Waals surface area contributed by atoms with E-state index in [9.17, 15) is 0 Å². The van der Waals surface area contributed by atoms with E-state index in [0.717, 1.165) is 24.2 Å². The van der Waals surface area contributed by atoms with E-state index in [-0.39, 0.29) is 0 Å². The Morgan fingerprint density at radius 1 is 0.793 bits per heavy atom. The van der Waals surface area contributed by atoms with Gasteiger partial charge in [-0.05, 0) is 69.7 Å². The number of aliphatic hydroxyl groups is 1. The van der Waals surface area contributed by atoms with Gasteiger partial charge in [-0.25, -0.2) is 0 Å². The molecule has 0 aromatic heterocycles. The van der Waals surface area contributed by atoms with Crippen LogP contribution >= 0.6 is 0 Å². The van der Waals surface area contributed by atoms with E-state index in [4.69, 9.17) is 10.8 Å². The van der Waals surface area contributed by atoms with Gasteiger partial charge in [0, 0.05) is 18.7 Å². The van der Waals surface area contributed by atoms with Crippen LogP contribution in [-0.4, -0.2) is 30.8 Å². The molecular formula is C26H54N2O. The van der Waals surface area contributed by atoms with Crippen LogP contribution in [0.15, 0.2) is 0 Å². The number of hydrogen-bond donors (Lipinski definition) is 3. The van der Waals surface area contributed by atoms with Crippen molar-refractivity contribution in [2.24, 2.45) is 23.5 Å². The van der Waals surface area contributed by atoms with Gasteiger partial charge in [-0.1, -0.05) is 78.1 Å². The van der Waals surface area contributed by atoms with Crippen molar-refractivity contribution in [2.75, 3.05) is 13.7 Å². The summed E-state index contributed by atoms with van der Waals surface area (Å²) in [5.74, 6) is 2.77. The molecule has 0 bridgehead atoms. The fourth-order valence-electron chi connectivity index (χ4n) is 5.96. The maximum atomic E-state index is 8.74. The van der Waals surface area contributed by atoms with Crippen LogP contribution in [0.2, 0.25) is 0 Å². The number of hydrogen-bond acceptors (Lipinski definition) is 3. The van der Waals surface area contributed by atoms with Gasteiger partial charge >= 0.3 is 0 Å². The number of unbranched alkanes of at least 4 members (excludes halogenated alkanes) is 1. The molecule has 0 aliphatic heterocycles. The summed E-state index contributed by atoms with van der Waals surface area (Å²) >= 11 is 0. The fourth-order valence-corrected chi connectivity index (χ4v) is 5.96. The molecule has 0 spiro atoms. The molecule has 3 atom stereocenters. The predicted octanol–water partition coefficient (Wildman–Crippen LogP) is 6.43. The lowest BCUT2D eigenvalue weighted by Gasteiger charge is -2.37. The zero-order valence-electron chi connectivity index (χ0n) is 20.1. The highest BCUT2D eigenvalue weighted by Crippen LogP contribution is 2.37. The Hall–Kier alpha value is -0.120. The van der Waals surface area contributed by atoms with Gasteiger partial charge < -0.3 is 16.2 Å². The standard InChI is InChI=1S/C12H25NO.C12H23N.C2H6/c1-13-12(9-5-6-10-14)11-7-3-2-4-8-11;13-12-9-5-4-8-11(12)10-6-2-1-3-7-10;1-2/h11-14H,2-10H2,1H3;10-12H,1-9,13H2;1-2H3. The second-order valence-electron chi connectivity index (χ2n) is 9.52. The topological polar surface area (TPSA) is 58.3 Å². The minimum Gasteiger partial charge on any atom is -0.396 e. The summed E-state index contributed by atoms with van der Waals surface area (Å²) < 4.78 is 0. The Labute approximate surface area is 183 Å². The van der Waals surface area contributed by atoms with Crippen LogP contribution in [0.1, 0.15) is 123 Å². The summed E-state index contributed by atoms with van der Waals surface area (Å²) in [5, 5.41) is 12.2. The molecule has 3 heteroatoms. The van der Waals surface area contributed by atoms with E-state index in [1.54, 1.807) is 0 Å². The van der Waals surface area contributed by atoms with Gasteiger partial charge in [0.25, 0.3) is 0 Å². The molecule has 3 fully saturated rings. The van der Waals surface area contributed by atoms with E-state index in [1.165, 1.54) is 103 Å². The minimum absolute atomic E-state index is 0.348. The van der Waals surface area contributed by atoms with Gasteiger partial charge in [0.1, 0.15) is 0 Å². The molecule has 0 heterocycles. The maximum Gasteiger partial charge on any atom is 0.0431 e. The largest absolute Gasteiger partial charge is 0.396 e. The highest BCUT2D eigenvalue weighted by atomic mass is 16.2. The number of nitrogens with two attached hydrogens (primary N) is 1. The molecule has 0 aromatic rings. The zero-order valence-corrected chi connectivity index (χ0v) is 20.1. The van der Waals surface area contributed by atoms with Gasteiger partial charge in [0.2, 0.25) is 0 Å². The van der Waals surface area contributed by atoms with E-state index in [2.05, 4.69) is 12.4 Å². The highest BCUT2D eigenvalue weighted by molar-refractivity contribution is 4.84. The maximum absolute atomic E-state index is 8.74. The summed E-state index contributed by atoms with van der Waals surface area (Å²) in [6.07, 6.45) is 23.3.